The third-order valence-electron chi connectivity index (χ3n) is 6.87. The van der Waals surface area contributed by atoms with E-state index in [1.54, 1.807) is 35.4 Å². The molecule has 1 fully saturated rings. The van der Waals surface area contributed by atoms with Gasteiger partial charge in [0.1, 0.15) is 11.5 Å². The average Bonchev–Trinajstić information content (AvgIpc) is 2.96. The topological polar surface area (TPSA) is 112 Å². The zero-order valence-electron chi connectivity index (χ0n) is 20.8. The van der Waals surface area contributed by atoms with Crippen molar-refractivity contribution >= 4 is 17.7 Å². The minimum absolute atomic E-state index is 0.116. The van der Waals surface area contributed by atoms with E-state index in [0.29, 0.717) is 74.7 Å². The number of hydrogen-bond acceptors (Lipinski definition) is 8. The average molecular weight is 497 g/mol. The molecule has 0 atom stereocenters. The quantitative estimate of drug-likeness (QED) is 0.494. The molecule has 2 aliphatic heterocycles. The molecule has 0 aliphatic carbocycles. The Morgan fingerprint density at radius 2 is 1.95 bits per heavy atom. The number of carbonyl (C=O) groups is 2. The third-order valence-corrected chi connectivity index (χ3v) is 6.87. The smallest absolute Gasteiger partial charge is 0.309 e. The second kappa shape index (κ2) is 10.7. The summed E-state index contributed by atoms with van der Waals surface area (Å²) in [4.78, 5) is 43.8. The molecule has 5 rings (SSSR count). The fraction of sp³-hybridized carbons (Fsp3) is 0.357. The zero-order chi connectivity index (χ0) is 25.8. The van der Waals surface area contributed by atoms with Crippen LogP contribution in [-0.4, -0.2) is 58.0 Å². The molecule has 0 spiro atoms. The van der Waals surface area contributed by atoms with E-state index in [1.807, 2.05) is 25.1 Å². The summed E-state index contributed by atoms with van der Waals surface area (Å²) >= 11 is 0. The number of pyridine rings is 1. The Hall–Kier alpha value is -4.32. The predicted molar refractivity (Wildman–Crippen MR) is 136 cm³/mol. The molecule has 2 aliphatic rings. The van der Waals surface area contributed by atoms with E-state index in [0.717, 1.165) is 17.1 Å². The number of benzene rings is 1. The summed E-state index contributed by atoms with van der Waals surface area (Å²) < 4.78 is 5.23. The van der Waals surface area contributed by atoms with E-state index in [9.17, 15) is 14.9 Å². The Kier molecular flexibility index (Phi) is 7.08. The van der Waals surface area contributed by atoms with Crippen molar-refractivity contribution in [2.24, 2.45) is 5.92 Å². The minimum atomic E-state index is -0.141. The number of aromatic nitrogens is 3. The first kappa shape index (κ1) is 24.4. The number of piperidine rings is 1. The van der Waals surface area contributed by atoms with Crippen LogP contribution < -0.4 is 4.90 Å². The summed E-state index contributed by atoms with van der Waals surface area (Å²) in [5.74, 6) is 0.968. The summed E-state index contributed by atoms with van der Waals surface area (Å²) in [5.41, 5.74) is 3.47. The van der Waals surface area contributed by atoms with Crippen LogP contribution in [0.25, 0.3) is 11.5 Å². The molecular formula is C28H28N6O3. The molecule has 0 unspecified atom stereocenters. The fourth-order valence-corrected chi connectivity index (χ4v) is 4.93. The van der Waals surface area contributed by atoms with E-state index in [-0.39, 0.29) is 17.8 Å². The van der Waals surface area contributed by atoms with Crippen LogP contribution in [0.5, 0.6) is 0 Å². The zero-order valence-corrected chi connectivity index (χ0v) is 20.8. The van der Waals surface area contributed by atoms with Gasteiger partial charge in [-0.05, 0) is 50.1 Å². The second-order valence-electron chi connectivity index (χ2n) is 9.19. The maximum atomic E-state index is 13.3. The third kappa shape index (κ3) is 5.14. The number of hydrogen-bond donors (Lipinski definition) is 0. The summed E-state index contributed by atoms with van der Waals surface area (Å²) in [7, 11) is 0. The number of anilines is 1. The van der Waals surface area contributed by atoms with E-state index < -0.39 is 0 Å². The molecule has 0 radical (unpaired) electrons. The molecule has 3 aromatic rings. The summed E-state index contributed by atoms with van der Waals surface area (Å²) in [6.07, 6.45) is 3.67. The SMILES string of the molecule is CCOC(=O)C1CCN(c2nc(-c3ccccn3)nc3c2CN(C(=O)c2cccc(C#N)c2)CC3)CC1. The lowest BCUT2D eigenvalue weighted by Gasteiger charge is -2.36. The van der Waals surface area contributed by atoms with Crippen molar-refractivity contribution in [1.82, 2.24) is 19.9 Å². The maximum Gasteiger partial charge on any atom is 0.309 e. The summed E-state index contributed by atoms with van der Waals surface area (Å²) in [6, 6.07) is 14.5. The lowest BCUT2D eigenvalue weighted by Crippen LogP contribution is -2.41. The Labute approximate surface area is 215 Å². The predicted octanol–water partition coefficient (Wildman–Crippen LogP) is 3.39. The number of fused-ring (bicyclic) bond motifs is 1. The molecule has 4 heterocycles. The van der Waals surface area contributed by atoms with Gasteiger partial charge in [0.15, 0.2) is 5.82 Å². The second-order valence-corrected chi connectivity index (χ2v) is 9.19. The lowest BCUT2D eigenvalue weighted by molar-refractivity contribution is -0.148. The van der Waals surface area contributed by atoms with Crippen molar-refractivity contribution in [3.63, 3.8) is 0 Å². The Balaban J connectivity index is 1.46. The van der Waals surface area contributed by atoms with Crippen molar-refractivity contribution in [3.8, 4) is 17.6 Å². The summed E-state index contributed by atoms with van der Waals surface area (Å²) in [6.45, 7) is 4.42. The molecule has 0 N–H and O–H groups in total. The van der Waals surface area contributed by atoms with Crippen LogP contribution in [0.4, 0.5) is 5.82 Å². The number of amides is 1. The largest absolute Gasteiger partial charge is 0.466 e. The van der Waals surface area contributed by atoms with Gasteiger partial charge >= 0.3 is 5.97 Å². The number of ether oxygens (including phenoxy) is 1. The van der Waals surface area contributed by atoms with E-state index in [2.05, 4.69) is 16.0 Å². The van der Waals surface area contributed by atoms with Crippen molar-refractivity contribution in [3.05, 3.63) is 71.0 Å². The Bertz CT molecular complexity index is 1350. The highest BCUT2D eigenvalue weighted by Crippen LogP contribution is 2.32. The number of esters is 1. The van der Waals surface area contributed by atoms with Gasteiger partial charge in [0.2, 0.25) is 0 Å². The Morgan fingerprint density at radius 3 is 2.68 bits per heavy atom. The van der Waals surface area contributed by atoms with Gasteiger partial charge < -0.3 is 14.5 Å². The van der Waals surface area contributed by atoms with E-state index in [1.165, 1.54) is 0 Å². The molecule has 0 saturated carbocycles. The lowest BCUT2D eigenvalue weighted by atomic mass is 9.96. The van der Waals surface area contributed by atoms with Crippen LogP contribution in [0.2, 0.25) is 0 Å². The monoisotopic (exact) mass is 496 g/mol. The molecule has 1 amide bonds. The first-order valence-electron chi connectivity index (χ1n) is 12.6. The van der Waals surface area contributed by atoms with E-state index >= 15 is 0 Å². The molecule has 0 bridgehead atoms. The van der Waals surface area contributed by atoms with Crippen LogP contribution >= 0.6 is 0 Å². The number of nitriles is 1. The van der Waals surface area contributed by atoms with Crippen molar-refractivity contribution in [2.45, 2.75) is 32.7 Å². The number of carbonyl (C=O) groups excluding carboxylic acids is 2. The van der Waals surface area contributed by atoms with Crippen molar-refractivity contribution in [2.75, 3.05) is 31.1 Å². The maximum absolute atomic E-state index is 13.3. The first-order chi connectivity index (χ1) is 18.1. The van der Waals surface area contributed by atoms with Gasteiger partial charge in [-0.1, -0.05) is 12.1 Å². The van der Waals surface area contributed by atoms with Crippen LogP contribution in [-0.2, 0) is 22.5 Å². The molecular weight excluding hydrogens is 468 g/mol. The fourth-order valence-electron chi connectivity index (χ4n) is 4.93. The molecule has 2 aromatic heterocycles. The highest BCUT2D eigenvalue weighted by molar-refractivity contribution is 5.94. The van der Waals surface area contributed by atoms with Crippen LogP contribution in [0.15, 0.2) is 48.7 Å². The van der Waals surface area contributed by atoms with Gasteiger partial charge in [0.25, 0.3) is 5.91 Å². The van der Waals surface area contributed by atoms with Gasteiger partial charge in [0, 0.05) is 43.4 Å². The number of nitrogens with zero attached hydrogens (tertiary/aromatic N) is 6. The van der Waals surface area contributed by atoms with Crippen LogP contribution in [0, 0.1) is 17.2 Å². The van der Waals surface area contributed by atoms with Gasteiger partial charge in [-0.2, -0.15) is 5.26 Å². The van der Waals surface area contributed by atoms with E-state index in [4.69, 9.17) is 14.7 Å². The van der Waals surface area contributed by atoms with Crippen molar-refractivity contribution in [1.29, 1.82) is 5.26 Å². The summed E-state index contributed by atoms with van der Waals surface area (Å²) in [5, 5.41) is 9.24. The standard InChI is InChI=1S/C28H28N6O3/c1-2-37-28(36)20-9-13-33(14-10-20)26-22-18-34(27(35)21-7-5-6-19(16-21)17-29)15-11-23(22)31-25(32-26)24-8-3-4-12-30-24/h3-8,12,16,20H,2,9-11,13-15,18H2,1H3. The highest BCUT2D eigenvalue weighted by atomic mass is 16.5. The molecule has 9 heteroatoms. The molecule has 9 nitrogen and oxygen atoms in total. The molecule has 37 heavy (non-hydrogen) atoms. The van der Waals surface area contributed by atoms with Gasteiger partial charge in [-0.25, -0.2) is 9.97 Å². The van der Waals surface area contributed by atoms with Gasteiger partial charge in [-0.3, -0.25) is 14.6 Å². The first-order valence-corrected chi connectivity index (χ1v) is 12.6. The highest BCUT2D eigenvalue weighted by Gasteiger charge is 2.32. The van der Waals surface area contributed by atoms with Gasteiger partial charge in [-0.15, -0.1) is 0 Å². The van der Waals surface area contributed by atoms with Gasteiger partial charge in [0.05, 0.1) is 36.4 Å². The molecule has 1 saturated heterocycles. The van der Waals surface area contributed by atoms with Crippen LogP contribution in [0.3, 0.4) is 0 Å². The van der Waals surface area contributed by atoms with Crippen LogP contribution in [0.1, 0.15) is 46.9 Å². The normalized spacial score (nSPS) is 15.6. The molecule has 1 aromatic carbocycles. The number of rotatable bonds is 5. The molecule has 188 valence electrons. The van der Waals surface area contributed by atoms with Crippen molar-refractivity contribution < 1.29 is 14.3 Å². The Morgan fingerprint density at radius 1 is 1.11 bits per heavy atom. The minimum Gasteiger partial charge on any atom is -0.466 e.